The average Bonchev–Trinajstić information content (AvgIpc) is 2.84. The number of nitrogens with two attached hydrogens (primary N) is 1. The van der Waals surface area contributed by atoms with Gasteiger partial charge in [0.25, 0.3) is 5.24 Å². The van der Waals surface area contributed by atoms with Crippen molar-refractivity contribution in [3.63, 3.8) is 0 Å². The summed E-state index contributed by atoms with van der Waals surface area (Å²) < 4.78 is 0. The number of primary amides is 1. The summed E-state index contributed by atoms with van der Waals surface area (Å²) in [4.78, 5) is 26.1. The summed E-state index contributed by atoms with van der Waals surface area (Å²) >= 11 is 1.86. The number of hydrogen-bond donors (Lipinski definition) is 2. The predicted molar refractivity (Wildman–Crippen MR) is 97.0 cm³/mol. The summed E-state index contributed by atoms with van der Waals surface area (Å²) in [5, 5.41) is 3.49. The van der Waals surface area contributed by atoms with Crippen LogP contribution in [0.3, 0.4) is 0 Å². The molecular formula is C15H29N3O2S2. The van der Waals surface area contributed by atoms with Crippen molar-refractivity contribution in [2.24, 2.45) is 11.7 Å². The van der Waals surface area contributed by atoms with E-state index in [-0.39, 0.29) is 6.04 Å². The minimum atomic E-state index is -1.36. The van der Waals surface area contributed by atoms with E-state index in [1.165, 1.54) is 0 Å². The van der Waals surface area contributed by atoms with E-state index in [1.54, 1.807) is 0 Å². The predicted octanol–water partition coefficient (Wildman–Crippen LogP) is 2.44. The number of amides is 3. The van der Waals surface area contributed by atoms with Gasteiger partial charge in [-0.15, -0.1) is 0 Å². The number of hydrogen-bond acceptors (Lipinski definition) is 3. The molecule has 2 atom stereocenters. The Balaban J connectivity index is 1.94. The highest BCUT2D eigenvalue weighted by Gasteiger charge is 2.37. The van der Waals surface area contributed by atoms with Gasteiger partial charge in [0.15, 0.2) is 0 Å². The summed E-state index contributed by atoms with van der Waals surface area (Å²) in [6, 6.07) is -0.342. The second kappa shape index (κ2) is 7.34. The third-order valence-corrected chi connectivity index (χ3v) is 8.63. The zero-order chi connectivity index (χ0) is 16.3. The van der Waals surface area contributed by atoms with Crippen molar-refractivity contribution in [2.45, 2.75) is 37.5 Å². The molecule has 2 aliphatic heterocycles. The second-order valence-electron chi connectivity index (χ2n) is 6.95. The number of rotatable bonds is 3. The van der Waals surface area contributed by atoms with Gasteiger partial charge in [0.2, 0.25) is 0 Å². The van der Waals surface area contributed by atoms with E-state index in [4.69, 9.17) is 5.73 Å². The number of piperidine rings is 1. The fourth-order valence-electron chi connectivity index (χ4n) is 3.18. The number of thioether (sulfide) groups is 1. The highest BCUT2D eigenvalue weighted by Crippen LogP contribution is 2.47. The standard InChI is InChI=1S/C15H29N3O2S2/c1-11-4-7-18(8-5-11)15(20)22(2,3)10-13-12(6-9-21-13)17-14(16)19/h11-13H,4-10H2,1-3H3,(H3,16,17,19). The maximum absolute atomic E-state index is 12.9. The zero-order valence-electron chi connectivity index (χ0n) is 13.8. The van der Waals surface area contributed by atoms with E-state index < -0.39 is 16.1 Å². The van der Waals surface area contributed by atoms with Gasteiger partial charge in [-0.2, -0.15) is 21.8 Å². The Morgan fingerprint density at radius 3 is 2.50 bits per heavy atom. The summed E-state index contributed by atoms with van der Waals surface area (Å²) in [5.41, 5.74) is 5.26. The van der Waals surface area contributed by atoms with E-state index in [0.29, 0.717) is 10.5 Å². The number of nitrogens with one attached hydrogen (secondary N) is 1. The van der Waals surface area contributed by atoms with Gasteiger partial charge in [0, 0.05) is 24.4 Å². The normalized spacial score (nSPS) is 27.7. The van der Waals surface area contributed by atoms with E-state index >= 15 is 0 Å². The Morgan fingerprint density at radius 1 is 1.27 bits per heavy atom. The first kappa shape index (κ1) is 17.8. The van der Waals surface area contributed by atoms with Gasteiger partial charge in [-0.1, -0.05) is 6.92 Å². The molecule has 2 saturated heterocycles. The van der Waals surface area contributed by atoms with Crippen LogP contribution in [0.15, 0.2) is 0 Å². The molecule has 7 heteroatoms. The third-order valence-electron chi connectivity index (χ3n) is 4.63. The minimum Gasteiger partial charge on any atom is -0.352 e. The molecule has 2 rings (SSSR count). The van der Waals surface area contributed by atoms with Gasteiger partial charge >= 0.3 is 6.03 Å². The lowest BCUT2D eigenvalue weighted by Gasteiger charge is -2.40. The van der Waals surface area contributed by atoms with Crippen molar-refractivity contribution in [3.05, 3.63) is 0 Å². The van der Waals surface area contributed by atoms with Gasteiger partial charge in [0.1, 0.15) is 0 Å². The molecule has 0 aromatic carbocycles. The summed E-state index contributed by atoms with van der Waals surface area (Å²) in [7, 11) is -1.36. The molecule has 0 saturated carbocycles. The monoisotopic (exact) mass is 347 g/mol. The van der Waals surface area contributed by atoms with Crippen molar-refractivity contribution < 1.29 is 9.59 Å². The number of nitrogens with zero attached hydrogens (tertiary/aromatic N) is 1. The topological polar surface area (TPSA) is 75.4 Å². The molecule has 2 aliphatic rings. The molecule has 5 nitrogen and oxygen atoms in total. The van der Waals surface area contributed by atoms with Crippen LogP contribution in [0.1, 0.15) is 26.2 Å². The van der Waals surface area contributed by atoms with Crippen LogP contribution < -0.4 is 11.1 Å². The number of carbonyl (C=O) groups is 2. The molecule has 2 heterocycles. The van der Waals surface area contributed by atoms with Gasteiger partial charge in [0.05, 0.1) is 0 Å². The molecular weight excluding hydrogens is 318 g/mol. The molecule has 3 amide bonds. The molecule has 0 bridgehead atoms. The van der Waals surface area contributed by atoms with Gasteiger partial charge in [-0.3, -0.25) is 4.79 Å². The first-order chi connectivity index (χ1) is 10.3. The lowest BCUT2D eigenvalue weighted by Crippen LogP contribution is -2.45. The largest absolute Gasteiger partial charge is 0.352 e. The Bertz CT molecular complexity index is 423. The van der Waals surface area contributed by atoms with Crippen LogP contribution in [0, 0.1) is 5.92 Å². The Morgan fingerprint density at radius 2 is 1.91 bits per heavy atom. The maximum atomic E-state index is 12.9. The average molecular weight is 348 g/mol. The Kier molecular flexibility index (Phi) is 5.94. The summed E-state index contributed by atoms with van der Waals surface area (Å²) in [6.45, 7) is 4.06. The van der Waals surface area contributed by atoms with Crippen molar-refractivity contribution >= 4 is 33.1 Å². The second-order valence-corrected chi connectivity index (χ2v) is 12.1. The van der Waals surface area contributed by atoms with Gasteiger partial charge in [-0.25, -0.2) is 4.79 Å². The van der Waals surface area contributed by atoms with E-state index in [2.05, 4.69) is 29.7 Å². The number of urea groups is 1. The molecule has 0 aliphatic carbocycles. The maximum Gasteiger partial charge on any atom is 0.312 e. The van der Waals surface area contributed by atoms with Crippen LogP contribution >= 0.6 is 21.8 Å². The molecule has 3 N–H and O–H groups in total. The van der Waals surface area contributed by atoms with E-state index in [1.807, 2.05) is 11.8 Å². The Hall–Kier alpha value is -0.560. The van der Waals surface area contributed by atoms with E-state index in [0.717, 1.165) is 49.8 Å². The van der Waals surface area contributed by atoms with Crippen LogP contribution in [-0.2, 0) is 0 Å². The third kappa shape index (κ3) is 4.47. The van der Waals surface area contributed by atoms with Crippen LogP contribution in [0.2, 0.25) is 0 Å². The van der Waals surface area contributed by atoms with Crippen LogP contribution in [0.5, 0.6) is 0 Å². The Labute approximate surface area is 139 Å². The number of carbonyl (C=O) groups excluding carboxylic acids is 2. The minimum absolute atomic E-state index is 0.114. The molecule has 0 spiro atoms. The molecule has 0 radical (unpaired) electrons. The molecule has 2 fully saturated rings. The van der Waals surface area contributed by atoms with Crippen LogP contribution in [0.25, 0.3) is 0 Å². The highest BCUT2D eigenvalue weighted by atomic mass is 32.3. The van der Waals surface area contributed by atoms with Crippen molar-refractivity contribution in [1.29, 1.82) is 0 Å². The lowest BCUT2D eigenvalue weighted by atomic mass is 10.00. The number of likely N-dealkylation sites (tertiary alicyclic amines) is 1. The quantitative estimate of drug-likeness (QED) is 0.823. The van der Waals surface area contributed by atoms with Gasteiger partial charge in [-0.05, 0) is 49.2 Å². The van der Waals surface area contributed by atoms with Gasteiger partial charge < -0.3 is 16.0 Å². The molecule has 2 unspecified atom stereocenters. The molecule has 22 heavy (non-hydrogen) atoms. The smallest absolute Gasteiger partial charge is 0.312 e. The van der Waals surface area contributed by atoms with E-state index in [9.17, 15) is 9.59 Å². The first-order valence-electron chi connectivity index (χ1n) is 7.97. The van der Waals surface area contributed by atoms with Crippen molar-refractivity contribution in [2.75, 3.05) is 37.1 Å². The summed E-state index contributed by atoms with van der Waals surface area (Å²) in [6.07, 6.45) is 7.42. The highest BCUT2D eigenvalue weighted by molar-refractivity contribution is 8.44. The van der Waals surface area contributed by atoms with Crippen molar-refractivity contribution in [1.82, 2.24) is 10.2 Å². The first-order valence-corrected chi connectivity index (χ1v) is 11.6. The fraction of sp³-hybridized carbons (Fsp3) is 0.867. The molecule has 128 valence electrons. The van der Waals surface area contributed by atoms with Crippen LogP contribution in [-0.4, -0.2) is 64.6 Å². The molecule has 0 aromatic heterocycles. The molecule has 0 aromatic rings. The zero-order valence-corrected chi connectivity index (χ0v) is 15.5. The SMILES string of the molecule is CC1CCN(C(=O)S(C)(C)CC2SCCC2NC(N)=O)CC1. The van der Waals surface area contributed by atoms with Crippen LogP contribution in [0.4, 0.5) is 9.59 Å². The fourth-order valence-corrected chi connectivity index (χ4v) is 7.80. The van der Waals surface area contributed by atoms with Crippen molar-refractivity contribution in [3.8, 4) is 0 Å². The summed E-state index contributed by atoms with van der Waals surface area (Å²) in [5.74, 6) is 2.63. The lowest BCUT2D eigenvalue weighted by molar-refractivity contribution is 0.196.